The van der Waals surface area contributed by atoms with E-state index in [1.807, 2.05) is 49.6 Å². The lowest BCUT2D eigenvalue weighted by atomic mass is 10.1. The number of hydrogen-bond acceptors (Lipinski definition) is 8. The van der Waals surface area contributed by atoms with Crippen molar-refractivity contribution in [2.45, 2.75) is 24.0 Å². The molecule has 0 spiro atoms. The first-order valence-corrected chi connectivity index (χ1v) is 14.3. The van der Waals surface area contributed by atoms with Gasteiger partial charge in [-0.2, -0.15) is 4.31 Å². The number of piperazine rings is 1. The molecule has 0 aliphatic carbocycles. The van der Waals surface area contributed by atoms with E-state index in [-0.39, 0.29) is 11.0 Å². The van der Waals surface area contributed by atoms with E-state index in [0.29, 0.717) is 57.4 Å². The van der Waals surface area contributed by atoms with Gasteiger partial charge in [0.15, 0.2) is 11.5 Å². The van der Waals surface area contributed by atoms with Gasteiger partial charge in [0.05, 0.1) is 25.2 Å². The number of sulfonamides is 1. The SMILES string of the molecule is COc1ccc(N(Cc2cccnc2)c2cccc(S(=O)(=O)N3CCN(C)CC3)c2)cc1O[C@@H]1CCOC1. The highest BCUT2D eigenvalue weighted by Crippen LogP contribution is 2.37. The smallest absolute Gasteiger partial charge is 0.243 e. The van der Waals surface area contributed by atoms with Crippen molar-refractivity contribution in [1.82, 2.24) is 14.2 Å². The average molecular weight is 539 g/mol. The fourth-order valence-corrected chi connectivity index (χ4v) is 6.17. The maximum atomic E-state index is 13.5. The van der Waals surface area contributed by atoms with Gasteiger partial charge in [0.1, 0.15) is 6.10 Å². The highest BCUT2D eigenvalue weighted by molar-refractivity contribution is 7.89. The third-order valence-corrected chi connectivity index (χ3v) is 8.83. The van der Waals surface area contributed by atoms with Gasteiger partial charge in [-0.1, -0.05) is 12.1 Å². The van der Waals surface area contributed by atoms with Crippen LogP contribution in [0.2, 0.25) is 0 Å². The van der Waals surface area contributed by atoms with Crippen LogP contribution in [0.25, 0.3) is 0 Å². The molecule has 0 unspecified atom stereocenters. The van der Waals surface area contributed by atoms with Gasteiger partial charge >= 0.3 is 0 Å². The van der Waals surface area contributed by atoms with Crippen molar-refractivity contribution >= 4 is 21.4 Å². The van der Waals surface area contributed by atoms with E-state index in [4.69, 9.17) is 14.2 Å². The Kier molecular flexibility index (Phi) is 8.13. The largest absolute Gasteiger partial charge is 0.493 e. The summed E-state index contributed by atoms with van der Waals surface area (Å²) in [6.07, 6.45) is 4.33. The lowest BCUT2D eigenvalue weighted by Gasteiger charge is -2.32. The molecular weight excluding hydrogens is 504 g/mol. The molecule has 9 nitrogen and oxygen atoms in total. The zero-order valence-electron chi connectivity index (χ0n) is 21.8. The Morgan fingerprint density at radius 3 is 2.55 bits per heavy atom. The van der Waals surface area contributed by atoms with Gasteiger partial charge in [-0.15, -0.1) is 0 Å². The van der Waals surface area contributed by atoms with Crippen molar-refractivity contribution in [1.29, 1.82) is 0 Å². The Balaban J connectivity index is 1.51. The van der Waals surface area contributed by atoms with Gasteiger partial charge in [-0.25, -0.2) is 8.42 Å². The molecule has 10 heteroatoms. The second-order valence-corrected chi connectivity index (χ2v) is 11.5. The second-order valence-electron chi connectivity index (χ2n) is 9.59. The molecule has 202 valence electrons. The summed E-state index contributed by atoms with van der Waals surface area (Å²) in [5.74, 6) is 1.26. The van der Waals surface area contributed by atoms with E-state index in [9.17, 15) is 8.42 Å². The first-order chi connectivity index (χ1) is 18.4. The molecule has 0 amide bonds. The van der Waals surface area contributed by atoms with Crippen LogP contribution in [0.4, 0.5) is 11.4 Å². The van der Waals surface area contributed by atoms with Gasteiger partial charge in [0.25, 0.3) is 0 Å². The molecule has 2 saturated heterocycles. The van der Waals surface area contributed by atoms with Crippen LogP contribution in [0.5, 0.6) is 11.5 Å². The molecule has 38 heavy (non-hydrogen) atoms. The van der Waals surface area contributed by atoms with Gasteiger partial charge in [0.2, 0.25) is 10.0 Å². The highest BCUT2D eigenvalue weighted by atomic mass is 32.2. The Hall–Kier alpha value is -3.18. The molecule has 2 fully saturated rings. The number of benzene rings is 2. The summed E-state index contributed by atoms with van der Waals surface area (Å²) in [5, 5.41) is 0. The number of nitrogens with zero attached hydrogens (tertiary/aromatic N) is 4. The summed E-state index contributed by atoms with van der Waals surface area (Å²) in [6, 6.07) is 16.8. The molecule has 3 heterocycles. The Labute approximate surface area is 224 Å². The van der Waals surface area contributed by atoms with E-state index in [1.165, 1.54) is 0 Å². The second kappa shape index (κ2) is 11.7. The molecule has 0 bridgehead atoms. The van der Waals surface area contributed by atoms with Gasteiger partial charge in [-0.05, 0) is 49.0 Å². The molecule has 2 aromatic carbocycles. The van der Waals surface area contributed by atoms with E-state index in [2.05, 4.69) is 14.8 Å². The Bertz CT molecular complexity index is 1320. The number of likely N-dealkylation sites (N-methyl/N-ethyl adjacent to an activating group) is 1. The number of methoxy groups -OCH3 is 1. The number of pyridine rings is 1. The van der Waals surface area contributed by atoms with Gasteiger partial charge < -0.3 is 24.0 Å². The number of rotatable bonds is 9. The quantitative estimate of drug-likeness (QED) is 0.409. The third kappa shape index (κ3) is 5.94. The zero-order valence-corrected chi connectivity index (χ0v) is 22.6. The van der Waals surface area contributed by atoms with Gasteiger partial charge in [-0.3, -0.25) is 4.98 Å². The maximum absolute atomic E-state index is 13.5. The van der Waals surface area contributed by atoms with E-state index < -0.39 is 10.0 Å². The molecule has 2 aliphatic rings. The Morgan fingerprint density at radius 2 is 1.84 bits per heavy atom. The number of hydrogen-bond donors (Lipinski definition) is 0. The summed E-state index contributed by atoms with van der Waals surface area (Å²) < 4.78 is 45.9. The fourth-order valence-electron chi connectivity index (χ4n) is 4.71. The minimum absolute atomic E-state index is 0.0389. The van der Waals surface area contributed by atoms with E-state index in [1.54, 1.807) is 35.8 Å². The summed E-state index contributed by atoms with van der Waals surface area (Å²) in [6.45, 7) is 4.09. The normalized spacial score (nSPS) is 18.8. The van der Waals surface area contributed by atoms with Crippen molar-refractivity contribution < 1.29 is 22.6 Å². The molecule has 1 atom stereocenters. The van der Waals surface area contributed by atoms with Crippen molar-refractivity contribution in [2.75, 3.05) is 58.5 Å². The van der Waals surface area contributed by atoms with Crippen LogP contribution >= 0.6 is 0 Å². The van der Waals surface area contributed by atoms with Gasteiger partial charge in [0, 0.05) is 69.0 Å². The number of aromatic nitrogens is 1. The van der Waals surface area contributed by atoms with Crippen LogP contribution in [-0.2, 0) is 21.3 Å². The predicted octanol–water partition coefficient (Wildman–Crippen LogP) is 3.53. The zero-order chi connectivity index (χ0) is 26.5. The molecule has 0 radical (unpaired) electrons. The van der Waals surface area contributed by atoms with Crippen molar-refractivity contribution in [3.8, 4) is 11.5 Å². The standard InChI is InChI=1S/C28H34N4O5S/c1-30-12-14-31(15-13-30)38(33,34)26-7-3-6-23(17-26)32(20-22-5-4-11-29-19-22)24-8-9-27(35-2)28(18-24)37-25-10-16-36-21-25/h3-9,11,17-19,25H,10,12-16,20-21H2,1-2H3/t25-/m1/s1. The highest BCUT2D eigenvalue weighted by Gasteiger charge is 2.28. The molecule has 0 saturated carbocycles. The average Bonchev–Trinajstić information content (AvgIpc) is 3.46. The van der Waals surface area contributed by atoms with Crippen molar-refractivity contribution in [3.05, 3.63) is 72.6 Å². The van der Waals surface area contributed by atoms with Crippen LogP contribution in [0.15, 0.2) is 71.9 Å². The summed E-state index contributed by atoms with van der Waals surface area (Å²) >= 11 is 0. The molecular formula is C28H34N4O5S. The van der Waals surface area contributed by atoms with Crippen LogP contribution in [-0.4, -0.2) is 82.3 Å². The summed E-state index contributed by atoms with van der Waals surface area (Å²) in [5.41, 5.74) is 2.59. The number of ether oxygens (including phenoxy) is 3. The predicted molar refractivity (Wildman–Crippen MR) is 146 cm³/mol. The summed E-state index contributed by atoms with van der Waals surface area (Å²) in [7, 11) is 0.00354. The van der Waals surface area contributed by atoms with Crippen molar-refractivity contribution in [3.63, 3.8) is 0 Å². The van der Waals surface area contributed by atoms with Crippen LogP contribution in [0, 0.1) is 0 Å². The van der Waals surface area contributed by atoms with Crippen LogP contribution < -0.4 is 14.4 Å². The monoisotopic (exact) mass is 538 g/mol. The maximum Gasteiger partial charge on any atom is 0.243 e. The molecule has 5 rings (SSSR count). The minimum atomic E-state index is -3.62. The lowest BCUT2D eigenvalue weighted by Crippen LogP contribution is -2.47. The molecule has 0 N–H and O–H groups in total. The van der Waals surface area contributed by atoms with E-state index in [0.717, 1.165) is 23.4 Å². The van der Waals surface area contributed by atoms with Crippen LogP contribution in [0.1, 0.15) is 12.0 Å². The lowest BCUT2D eigenvalue weighted by molar-refractivity contribution is 0.138. The van der Waals surface area contributed by atoms with Crippen molar-refractivity contribution in [2.24, 2.45) is 0 Å². The van der Waals surface area contributed by atoms with Crippen LogP contribution in [0.3, 0.4) is 0 Å². The first kappa shape index (κ1) is 26.4. The third-order valence-electron chi connectivity index (χ3n) is 6.93. The fraction of sp³-hybridized carbons (Fsp3) is 0.393. The Morgan fingerprint density at radius 1 is 1.03 bits per heavy atom. The van der Waals surface area contributed by atoms with E-state index >= 15 is 0 Å². The molecule has 1 aromatic heterocycles. The molecule has 3 aromatic rings. The first-order valence-electron chi connectivity index (χ1n) is 12.8. The topological polar surface area (TPSA) is 84.4 Å². The number of anilines is 2. The molecule has 2 aliphatic heterocycles. The summed E-state index contributed by atoms with van der Waals surface area (Å²) in [4.78, 5) is 8.76. The minimum Gasteiger partial charge on any atom is -0.493 e.